The van der Waals surface area contributed by atoms with Crippen molar-refractivity contribution in [2.75, 3.05) is 30.9 Å². The number of benzene rings is 1. The Morgan fingerprint density at radius 1 is 1.30 bits per heavy atom. The SMILES string of the molecule is Cc1nc2c(cc(OCC(=O)Nc3ccc(N(C)C)cn3)c3ccsc32)s1. The van der Waals surface area contributed by atoms with Crippen LogP contribution in [0, 0.1) is 6.92 Å². The number of carbonyl (C=O) groups excluding carboxylic acids is 1. The molecule has 0 saturated heterocycles. The van der Waals surface area contributed by atoms with Gasteiger partial charge in [0.15, 0.2) is 6.61 Å². The molecule has 1 aromatic carbocycles. The number of rotatable bonds is 5. The number of nitrogens with one attached hydrogen (secondary N) is 1. The Morgan fingerprint density at radius 3 is 2.89 bits per heavy atom. The van der Waals surface area contributed by atoms with Crippen molar-refractivity contribution < 1.29 is 9.53 Å². The summed E-state index contributed by atoms with van der Waals surface area (Å²) < 4.78 is 7.99. The number of carbonyl (C=O) groups is 1. The summed E-state index contributed by atoms with van der Waals surface area (Å²) >= 11 is 3.26. The standard InChI is InChI=1S/C19H18N4O2S2/c1-11-21-18-15(27-11)8-14(13-6-7-26-19(13)18)25-10-17(24)22-16-5-4-12(9-20-16)23(2)3/h4-9H,10H2,1-3H3,(H,20,22,24). The number of hydrogen-bond donors (Lipinski definition) is 1. The second-order valence-electron chi connectivity index (χ2n) is 6.25. The minimum Gasteiger partial charge on any atom is -0.483 e. The van der Waals surface area contributed by atoms with Gasteiger partial charge in [0.25, 0.3) is 5.91 Å². The maximum atomic E-state index is 12.3. The number of nitrogens with zero attached hydrogens (tertiary/aromatic N) is 3. The molecule has 8 heteroatoms. The van der Waals surface area contributed by atoms with E-state index < -0.39 is 0 Å². The largest absolute Gasteiger partial charge is 0.483 e. The number of aryl methyl sites for hydroxylation is 1. The molecule has 3 heterocycles. The third-order valence-electron chi connectivity index (χ3n) is 4.06. The summed E-state index contributed by atoms with van der Waals surface area (Å²) in [6.07, 6.45) is 1.71. The van der Waals surface area contributed by atoms with Crippen LogP contribution < -0.4 is 15.0 Å². The molecule has 0 unspecified atom stereocenters. The van der Waals surface area contributed by atoms with E-state index in [1.165, 1.54) is 0 Å². The first-order valence-corrected chi connectivity index (χ1v) is 10.0. The molecule has 1 N–H and O–H groups in total. The van der Waals surface area contributed by atoms with Gasteiger partial charge in [-0.2, -0.15) is 0 Å². The van der Waals surface area contributed by atoms with Gasteiger partial charge in [0.2, 0.25) is 0 Å². The highest BCUT2D eigenvalue weighted by Gasteiger charge is 2.14. The quantitative estimate of drug-likeness (QED) is 0.543. The summed E-state index contributed by atoms with van der Waals surface area (Å²) in [4.78, 5) is 23.1. The summed E-state index contributed by atoms with van der Waals surface area (Å²) in [5.41, 5.74) is 1.97. The normalized spacial score (nSPS) is 11.1. The zero-order chi connectivity index (χ0) is 19.0. The Kier molecular flexibility index (Phi) is 4.67. The molecule has 0 fully saturated rings. The van der Waals surface area contributed by atoms with E-state index in [9.17, 15) is 4.79 Å². The fraction of sp³-hybridized carbons (Fsp3) is 0.211. The number of pyridine rings is 1. The summed E-state index contributed by atoms with van der Waals surface area (Å²) in [5, 5.41) is 6.78. The summed E-state index contributed by atoms with van der Waals surface area (Å²) in [6.45, 7) is 1.91. The van der Waals surface area contributed by atoms with Crippen molar-refractivity contribution in [2.45, 2.75) is 6.92 Å². The lowest BCUT2D eigenvalue weighted by Gasteiger charge is -2.12. The van der Waals surface area contributed by atoms with Crippen LogP contribution in [-0.2, 0) is 4.79 Å². The lowest BCUT2D eigenvalue weighted by Crippen LogP contribution is -2.21. The third-order valence-corrected chi connectivity index (χ3v) is 5.90. The van der Waals surface area contributed by atoms with Crippen molar-refractivity contribution >= 4 is 60.4 Å². The Morgan fingerprint density at radius 2 is 2.15 bits per heavy atom. The molecule has 0 aliphatic carbocycles. The van der Waals surface area contributed by atoms with Crippen LogP contribution in [0.15, 0.2) is 35.8 Å². The molecule has 1 amide bonds. The molecule has 3 aromatic heterocycles. The Bertz CT molecular complexity index is 1120. The molecular formula is C19H18N4O2S2. The minimum atomic E-state index is -0.246. The molecule has 0 spiro atoms. The molecule has 4 rings (SSSR count). The van der Waals surface area contributed by atoms with Crippen molar-refractivity contribution in [2.24, 2.45) is 0 Å². The highest BCUT2D eigenvalue weighted by atomic mass is 32.1. The first kappa shape index (κ1) is 17.7. The number of ether oxygens (including phenoxy) is 1. The lowest BCUT2D eigenvalue weighted by atomic mass is 10.2. The molecule has 27 heavy (non-hydrogen) atoms. The average molecular weight is 399 g/mol. The van der Waals surface area contributed by atoms with Crippen LogP contribution in [0.25, 0.3) is 20.3 Å². The Labute approximate surface area is 164 Å². The van der Waals surface area contributed by atoms with Crippen molar-refractivity contribution in [3.05, 3.63) is 40.8 Å². The molecule has 0 aliphatic rings. The second-order valence-corrected chi connectivity index (χ2v) is 8.40. The first-order chi connectivity index (χ1) is 13.0. The van der Waals surface area contributed by atoms with E-state index in [0.717, 1.165) is 31.0 Å². The topological polar surface area (TPSA) is 67.3 Å². The first-order valence-electron chi connectivity index (χ1n) is 8.34. The Hall–Kier alpha value is -2.71. The van der Waals surface area contributed by atoms with Gasteiger partial charge in [-0.15, -0.1) is 22.7 Å². The van der Waals surface area contributed by atoms with Crippen molar-refractivity contribution in [1.82, 2.24) is 9.97 Å². The highest BCUT2D eigenvalue weighted by Crippen LogP contribution is 2.38. The molecule has 6 nitrogen and oxygen atoms in total. The van der Waals surface area contributed by atoms with Crippen molar-refractivity contribution in [3.8, 4) is 5.75 Å². The van der Waals surface area contributed by atoms with Gasteiger partial charge in [0.05, 0.1) is 31.8 Å². The van der Waals surface area contributed by atoms with Crippen LogP contribution in [0.1, 0.15) is 5.01 Å². The van der Waals surface area contributed by atoms with Crippen LogP contribution in [0.3, 0.4) is 0 Å². The number of fused-ring (bicyclic) bond motifs is 3. The fourth-order valence-electron chi connectivity index (χ4n) is 2.75. The van der Waals surface area contributed by atoms with Gasteiger partial charge < -0.3 is 15.0 Å². The van der Waals surface area contributed by atoms with Gasteiger partial charge in [-0.3, -0.25) is 4.79 Å². The van der Waals surface area contributed by atoms with E-state index in [-0.39, 0.29) is 12.5 Å². The van der Waals surface area contributed by atoms with Gasteiger partial charge >= 0.3 is 0 Å². The van der Waals surface area contributed by atoms with Crippen LogP contribution in [0.5, 0.6) is 5.75 Å². The van der Waals surface area contributed by atoms with Gasteiger partial charge in [-0.25, -0.2) is 9.97 Å². The van der Waals surface area contributed by atoms with Crippen LogP contribution in [0.2, 0.25) is 0 Å². The number of amides is 1. The minimum absolute atomic E-state index is 0.0780. The number of aromatic nitrogens is 2. The predicted molar refractivity (Wildman–Crippen MR) is 112 cm³/mol. The molecular weight excluding hydrogens is 380 g/mol. The molecule has 0 bridgehead atoms. The number of anilines is 2. The van der Waals surface area contributed by atoms with Crippen LogP contribution >= 0.6 is 22.7 Å². The van der Waals surface area contributed by atoms with Crippen molar-refractivity contribution in [3.63, 3.8) is 0 Å². The molecule has 0 atom stereocenters. The maximum Gasteiger partial charge on any atom is 0.263 e. The molecule has 0 radical (unpaired) electrons. The van der Waals surface area contributed by atoms with Crippen LogP contribution in [0.4, 0.5) is 11.5 Å². The smallest absolute Gasteiger partial charge is 0.263 e. The summed E-state index contributed by atoms with van der Waals surface area (Å²) in [7, 11) is 3.88. The summed E-state index contributed by atoms with van der Waals surface area (Å²) in [5.74, 6) is 0.959. The van der Waals surface area contributed by atoms with Crippen molar-refractivity contribution in [1.29, 1.82) is 0 Å². The van der Waals surface area contributed by atoms with E-state index in [0.29, 0.717) is 11.6 Å². The van der Waals surface area contributed by atoms with Gasteiger partial charge in [0.1, 0.15) is 11.6 Å². The van der Waals surface area contributed by atoms with E-state index in [1.54, 1.807) is 34.9 Å². The molecule has 138 valence electrons. The van der Waals surface area contributed by atoms with E-state index in [1.807, 2.05) is 49.5 Å². The average Bonchev–Trinajstić information content (AvgIpc) is 3.25. The molecule has 0 aliphatic heterocycles. The van der Waals surface area contributed by atoms with E-state index in [2.05, 4.69) is 15.3 Å². The van der Waals surface area contributed by atoms with E-state index >= 15 is 0 Å². The van der Waals surface area contributed by atoms with Gasteiger partial charge in [-0.05, 0) is 30.5 Å². The zero-order valence-electron chi connectivity index (χ0n) is 15.1. The third kappa shape index (κ3) is 3.58. The number of hydrogen-bond acceptors (Lipinski definition) is 7. The number of thiophene rings is 1. The molecule has 0 saturated carbocycles. The van der Waals surface area contributed by atoms with E-state index in [4.69, 9.17) is 4.74 Å². The maximum absolute atomic E-state index is 12.3. The van der Waals surface area contributed by atoms with Gasteiger partial charge in [-0.1, -0.05) is 0 Å². The highest BCUT2D eigenvalue weighted by molar-refractivity contribution is 7.21. The Balaban J connectivity index is 1.49. The predicted octanol–water partition coefficient (Wildman–Crippen LogP) is 4.30. The lowest BCUT2D eigenvalue weighted by molar-refractivity contribution is -0.118. The monoisotopic (exact) mass is 398 g/mol. The van der Waals surface area contributed by atoms with Crippen LogP contribution in [-0.4, -0.2) is 36.6 Å². The van der Waals surface area contributed by atoms with Gasteiger partial charge in [0, 0.05) is 25.5 Å². The number of thiazole rings is 1. The molecule has 4 aromatic rings. The summed E-state index contributed by atoms with van der Waals surface area (Å²) in [6, 6.07) is 7.64. The zero-order valence-corrected chi connectivity index (χ0v) is 16.8. The second kappa shape index (κ2) is 7.13. The fourth-order valence-corrected chi connectivity index (χ4v) is 4.59.